The molecule has 4 nitrogen and oxygen atoms in total. The summed E-state index contributed by atoms with van der Waals surface area (Å²) in [5.74, 6) is 0.976. The zero-order valence-electron chi connectivity index (χ0n) is 13.6. The molecule has 1 aromatic heterocycles. The summed E-state index contributed by atoms with van der Waals surface area (Å²) < 4.78 is 0. The molecule has 1 fully saturated rings. The Morgan fingerprint density at radius 2 is 1.86 bits per heavy atom. The molecule has 1 aromatic carbocycles. The van der Waals surface area contributed by atoms with Gasteiger partial charge in [0.15, 0.2) is 0 Å². The molecule has 2 aromatic rings. The third-order valence-electron chi connectivity index (χ3n) is 4.47. The van der Waals surface area contributed by atoms with Gasteiger partial charge < -0.3 is 15.1 Å². The zero-order valence-corrected chi connectivity index (χ0v) is 13.6. The molecule has 1 saturated heterocycles. The van der Waals surface area contributed by atoms with Crippen LogP contribution in [0.3, 0.4) is 0 Å². The average molecular weight is 298 g/mol. The lowest BCUT2D eigenvalue weighted by Gasteiger charge is -2.33. The second-order valence-corrected chi connectivity index (χ2v) is 6.37. The number of hydrogen-bond acceptors (Lipinski definition) is 4. The maximum Gasteiger partial charge on any atom is 0.126 e. The smallest absolute Gasteiger partial charge is 0.126 e. The monoisotopic (exact) mass is 298 g/mol. The Morgan fingerprint density at radius 3 is 2.68 bits per heavy atom. The minimum Gasteiger partial charge on any atom is -0.368 e. The van der Waals surface area contributed by atoms with Gasteiger partial charge in [-0.15, -0.1) is 0 Å². The topological polar surface area (TPSA) is 31.4 Å². The highest BCUT2D eigenvalue weighted by molar-refractivity contribution is 5.80. The molecule has 1 aliphatic rings. The first-order chi connectivity index (χ1) is 10.7. The molecule has 1 aliphatic heterocycles. The molecule has 3 rings (SSSR count). The summed E-state index contributed by atoms with van der Waals surface area (Å²) in [5.41, 5.74) is 1.05. The van der Waals surface area contributed by atoms with E-state index < -0.39 is 0 Å². The van der Waals surface area contributed by atoms with E-state index in [9.17, 15) is 0 Å². The van der Waals surface area contributed by atoms with Gasteiger partial charge in [0.1, 0.15) is 5.82 Å². The first-order valence-electron chi connectivity index (χ1n) is 8.24. The molecule has 1 atom stereocenters. The van der Waals surface area contributed by atoms with E-state index >= 15 is 0 Å². The van der Waals surface area contributed by atoms with Crippen LogP contribution in [0.25, 0.3) is 10.9 Å². The van der Waals surface area contributed by atoms with E-state index in [-0.39, 0.29) is 0 Å². The fourth-order valence-electron chi connectivity index (χ4n) is 2.92. The number of nitrogens with one attached hydrogen (secondary N) is 1. The highest BCUT2D eigenvalue weighted by atomic mass is 15.2. The van der Waals surface area contributed by atoms with Crippen molar-refractivity contribution in [3.8, 4) is 0 Å². The molecule has 0 amide bonds. The number of piperazine rings is 1. The van der Waals surface area contributed by atoms with Gasteiger partial charge >= 0.3 is 0 Å². The summed E-state index contributed by atoms with van der Waals surface area (Å²) in [4.78, 5) is 9.65. The molecule has 4 heteroatoms. The Hall–Kier alpha value is -1.65. The van der Waals surface area contributed by atoms with E-state index in [0.717, 1.165) is 24.3 Å². The maximum atomic E-state index is 4.69. The van der Waals surface area contributed by atoms with Crippen LogP contribution in [0.2, 0.25) is 0 Å². The maximum absolute atomic E-state index is 4.69. The molecule has 1 N–H and O–H groups in total. The van der Waals surface area contributed by atoms with Gasteiger partial charge in [0.25, 0.3) is 0 Å². The Balaban J connectivity index is 1.51. The van der Waals surface area contributed by atoms with Gasteiger partial charge in [-0.3, -0.25) is 0 Å². The largest absolute Gasteiger partial charge is 0.368 e. The van der Waals surface area contributed by atoms with E-state index in [4.69, 9.17) is 0 Å². The summed E-state index contributed by atoms with van der Waals surface area (Å²) in [6.45, 7) is 8.17. The van der Waals surface area contributed by atoms with Crippen LogP contribution >= 0.6 is 0 Å². The fraction of sp³-hybridized carbons (Fsp3) is 0.500. The molecule has 0 aliphatic carbocycles. The first kappa shape index (κ1) is 15.3. The summed E-state index contributed by atoms with van der Waals surface area (Å²) in [6.07, 6.45) is 1.15. The summed E-state index contributed by atoms with van der Waals surface area (Å²) >= 11 is 0. The van der Waals surface area contributed by atoms with Crippen molar-refractivity contribution in [2.24, 2.45) is 0 Å². The van der Waals surface area contributed by atoms with Crippen LogP contribution in [0.15, 0.2) is 36.4 Å². The SMILES string of the molecule is C[C@H](CCN1CCN(C)CC1)Nc1ccc2ccccc2n1. The second kappa shape index (κ2) is 7.07. The van der Waals surface area contributed by atoms with Crippen LogP contribution in [0.5, 0.6) is 0 Å². The Labute approximate surface area is 133 Å². The molecule has 2 heterocycles. The van der Waals surface area contributed by atoms with Crippen molar-refractivity contribution >= 4 is 16.7 Å². The lowest BCUT2D eigenvalue weighted by atomic mass is 10.2. The second-order valence-electron chi connectivity index (χ2n) is 6.37. The predicted molar refractivity (Wildman–Crippen MR) is 93.4 cm³/mol. The van der Waals surface area contributed by atoms with Gasteiger partial charge in [-0.1, -0.05) is 18.2 Å². The van der Waals surface area contributed by atoms with Gasteiger partial charge in [0.05, 0.1) is 5.52 Å². The van der Waals surface area contributed by atoms with E-state index in [1.165, 1.54) is 31.6 Å². The van der Waals surface area contributed by atoms with Gasteiger partial charge in [0, 0.05) is 44.2 Å². The number of fused-ring (bicyclic) bond motifs is 1. The van der Waals surface area contributed by atoms with Gasteiger partial charge in [-0.25, -0.2) is 4.98 Å². The van der Waals surface area contributed by atoms with Crippen molar-refractivity contribution in [3.05, 3.63) is 36.4 Å². The molecule has 118 valence electrons. The summed E-state index contributed by atoms with van der Waals surface area (Å²) in [7, 11) is 2.20. The molecule has 0 radical (unpaired) electrons. The number of benzene rings is 1. The van der Waals surface area contributed by atoms with E-state index in [0.29, 0.717) is 6.04 Å². The molecular formula is C18H26N4. The number of hydrogen-bond donors (Lipinski definition) is 1. The predicted octanol–water partition coefficient (Wildman–Crippen LogP) is 2.67. The van der Waals surface area contributed by atoms with Crippen LogP contribution in [-0.4, -0.2) is 60.6 Å². The Bertz CT molecular complexity index is 605. The van der Waals surface area contributed by atoms with Crippen molar-refractivity contribution in [2.75, 3.05) is 45.1 Å². The van der Waals surface area contributed by atoms with E-state index in [1.54, 1.807) is 0 Å². The van der Waals surface area contributed by atoms with Crippen LogP contribution in [0.1, 0.15) is 13.3 Å². The Kier molecular flexibility index (Phi) is 4.90. The van der Waals surface area contributed by atoms with Crippen molar-refractivity contribution in [2.45, 2.75) is 19.4 Å². The van der Waals surface area contributed by atoms with Gasteiger partial charge in [-0.2, -0.15) is 0 Å². The lowest BCUT2D eigenvalue weighted by molar-refractivity contribution is 0.151. The average Bonchev–Trinajstić information content (AvgIpc) is 2.54. The van der Waals surface area contributed by atoms with Crippen LogP contribution in [0, 0.1) is 0 Å². The van der Waals surface area contributed by atoms with E-state index in [1.807, 2.05) is 6.07 Å². The number of rotatable bonds is 5. The molecule has 0 saturated carbocycles. The fourth-order valence-corrected chi connectivity index (χ4v) is 2.92. The van der Waals surface area contributed by atoms with Crippen LogP contribution < -0.4 is 5.32 Å². The third kappa shape index (κ3) is 3.96. The van der Waals surface area contributed by atoms with Gasteiger partial charge in [0.2, 0.25) is 0 Å². The lowest BCUT2D eigenvalue weighted by Crippen LogP contribution is -2.45. The minimum atomic E-state index is 0.438. The highest BCUT2D eigenvalue weighted by Crippen LogP contribution is 2.15. The van der Waals surface area contributed by atoms with Crippen molar-refractivity contribution in [1.29, 1.82) is 0 Å². The number of aromatic nitrogens is 1. The number of nitrogens with zero attached hydrogens (tertiary/aromatic N) is 3. The van der Waals surface area contributed by atoms with Crippen LogP contribution in [-0.2, 0) is 0 Å². The quantitative estimate of drug-likeness (QED) is 0.919. The molecule has 22 heavy (non-hydrogen) atoms. The van der Waals surface area contributed by atoms with Crippen molar-refractivity contribution in [3.63, 3.8) is 0 Å². The Morgan fingerprint density at radius 1 is 1.09 bits per heavy atom. The van der Waals surface area contributed by atoms with Gasteiger partial charge in [-0.05, 0) is 38.6 Å². The summed E-state index contributed by atoms with van der Waals surface area (Å²) in [6, 6.07) is 12.9. The number of pyridine rings is 1. The van der Waals surface area contributed by atoms with E-state index in [2.05, 4.69) is 64.4 Å². The number of likely N-dealkylation sites (N-methyl/N-ethyl adjacent to an activating group) is 1. The summed E-state index contributed by atoms with van der Waals surface area (Å²) in [5, 5.41) is 4.73. The molecule has 0 spiro atoms. The molecule has 0 bridgehead atoms. The molecular weight excluding hydrogens is 272 g/mol. The third-order valence-corrected chi connectivity index (χ3v) is 4.47. The number of anilines is 1. The zero-order chi connectivity index (χ0) is 15.4. The highest BCUT2D eigenvalue weighted by Gasteiger charge is 2.14. The van der Waals surface area contributed by atoms with Crippen molar-refractivity contribution in [1.82, 2.24) is 14.8 Å². The minimum absolute atomic E-state index is 0.438. The first-order valence-corrected chi connectivity index (χ1v) is 8.24. The van der Waals surface area contributed by atoms with Crippen LogP contribution in [0.4, 0.5) is 5.82 Å². The normalized spacial score (nSPS) is 18.5. The molecule has 0 unspecified atom stereocenters. The standard InChI is InChI=1S/C18H26N4/c1-15(9-10-22-13-11-21(2)12-14-22)19-18-8-7-16-5-3-4-6-17(16)20-18/h3-8,15H,9-14H2,1-2H3,(H,19,20)/t15-/m1/s1. The number of para-hydroxylation sites is 1. The van der Waals surface area contributed by atoms with Crippen molar-refractivity contribution < 1.29 is 0 Å².